The van der Waals surface area contributed by atoms with Crippen LogP contribution in [-0.2, 0) is 0 Å². The number of fused-ring (bicyclic) bond motifs is 1. The van der Waals surface area contributed by atoms with Gasteiger partial charge in [0.25, 0.3) is 0 Å². The van der Waals surface area contributed by atoms with Gasteiger partial charge in [0.1, 0.15) is 13.2 Å². The Hall–Kier alpha value is -2.07. The lowest BCUT2D eigenvalue weighted by atomic mass is 10.1. The summed E-state index contributed by atoms with van der Waals surface area (Å²) in [7, 11) is 0. The van der Waals surface area contributed by atoms with Crippen molar-refractivity contribution < 1.29 is 14.3 Å². The van der Waals surface area contributed by atoms with Crippen LogP contribution in [-0.4, -0.2) is 19.0 Å². The molecule has 0 aromatic heterocycles. The molecule has 1 aliphatic rings. The zero-order chi connectivity index (χ0) is 14.7. The molecule has 0 unspecified atom stereocenters. The molecule has 0 radical (unpaired) electrons. The van der Waals surface area contributed by atoms with Gasteiger partial charge in [-0.1, -0.05) is 40.2 Å². The van der Waals surface area contributed by atoms with E-state index in [1.54, 1.807) is 18.2 Å². The lowest BCUT2D eigenvalue weighted by molar-refractivity contribution is 0.104. The van der Waals surface area contributed by atoms with Crippen LogP contribution < -0.4 is 9.47 Å². The Balaban J connectivity index is 1.80. The van der Waals surface area contributed by atoms with Crippen molar-refractivity contribution in [3.8, 4) is 11.5 Å². The van der Waals surface area contributed by atoms with Gasteiger partial charge in [-0.3, -0.25) is 4.79 Å². The molecule has 1 heterocycles. The quantitative estimate of drug-likeness (QED) is 0.620. The van der Waals surface area contributed by atoms with Crippen molar-refractivity contribution >= 4 is 27.8 Å². The molecule has 0 aliphatic carbocycles. The third kappa shape index (κ3) is 3.16. The highest BCUT2D eigenvalue weighted by atomic mass is 79.9. The number of rotatable bonds is 3. The SMILES string of the molecule is O=C(C=Cc1ccc2c(c1)OCCO2)c1ccccc1Br. The Morgan fingerprint density at radius 2 is 1.81 bits per heavy atom. The van der Waals surface area contributed by atoms with E-state index in [0.717, 1.165) is 21.5 Å². The van der Waals surface area contributed by atoms with Crippen LogP contribution in [0.5, 0.6) is 11.5 Å². The predicted octanol–water partition coefficient (Wildman–Crippen LogP) is 4.12. The average molecular weight is 345 g/mol. The highest BCUT2D eigenvalue weighted by Gasteiger charge is 2.11. The van der Waals surface area contributed by atoms with E-state index in [2.05, 4.69) is 15.9 Å². The van der Waals surface area contributed by atoms with E-state index < -0.39 is 0 Å². The van der Waals surface area contributed by atoms with E-state index in [-0.39, 0.29) is 5.78 Å². The summed E-state index contributed by atoms with van der Waals surface area (Å²) >= 11 is 3.38. The van der Waals surface area contributed by atoms with Crippen LogP contribution in [0.2, 0.25) is 0 Å². The minimum Gasteiger partial charge on any atom is -0.486 e. The summed E-state index contributed by atoms with van der Waals surface area (Å²) in [6, 6.07) is 13.0. The molecular weight excluding hydrogens is 332 g/mol. The van der Waals surface area contributed by atoms with E-state index in [9.17, 15) is 4.79 Å². The molecule has 1 aliphatic heterocycles. The largest absolute Gasteiger partial charge is 0.486 e. The lowest BCUT2D eigenvalue weighted by Crippen LogP contribution is -2.15. The molecule has 3 rings (SSSR count). The van der Waals surface area contributed by atoms with Crippen molar-refractivity contribution in [2.24, 2.45) is 0 Å². The molecule has 0 fully saturated rings. The zero-order valence-electron chi connectivity index (χ0n) is 11.2. The molecule has 0 amide bonds. The smallest absolute Gasteiger partial charge is 0.186 e. The van der Waals surface area contributed by atoms with Gasteiger partial charge in [-0.05, 0) is 35.9 Å². The maximum atomic E-state index is 12.2. The molecule has 21 heavy (non-hydrogen) atoms. The summed E-state index contributed by atoms with van der Waals surface area (Å²) in [6.07, 6.45) is 3.34. The molecule has 0 saturated heterocycles. The Kier molecular flexibility index (Phi) is 4.06. The second-order valence-electron chi connectivity index (χ2n) is 4.58. The van der Waals surface area contributed by atoms with Crippen molar-refractivity contribution in [2.45, 2.75) is 0 Å². The van der Waals surface area contributed by atoms with Crippen LogP contribution >= 0.6 is 15.9 Å². The Labute approximate surface area is 131 Å². The van der Waals surface area contributed by atoms with Crippen LogP contribution in [0.4, 0.5) is 0 Å². The molecule has 2 aromatic rings. The summed E-state index contributed by atoms with van der Waals surface area (Å²) in [4.78, 5) is 12.2. The zero-order valence-corrected chi connectivity index (χ0v) is 12.8. The van der Waals surface area contributed by atoms with Gasteiger partial charge in [0.2, 0.25) is 0 Å². The summed E-state index contributed by atoms with van der Waals surface area (Å²) < 4.78 is 11.8. The number of carbonyl (C=O) groups excluding carboxylic acids is 1. The monoisotopic (exact) mass is 344 g/mol. The summed E-state index contributed by atoms with van der Waals surface area (Å²) in [5, 5.41) is 0. The van der Waals surface area contributed by atoms with Crippen molar-refractivity contribution in [3.63, 3.8) is 0 Å². The first-order valence-corrected chi connectivity index (χ1v) is 7.40. The summed E-state index contributed by atoms with van der Waals surface area (Å²) in [5.41, 5.74) is 1.55. The van der Waals surface area contributed by atoms with Crippen LogP contribution in [0, 0.1) is 0 Å². The van der Waals surface area contributed by atoms with E-state index >= 15 is 0 Å². The molecule has 0 bridgehead atoms. The molecule has 2 aromatic carbocycles. The fraction of sp³-hybridized carbons (Fsp3) is 0.118. The number of ketones is 1. The summed E-state index contributed by atoms with van der Waals surface area (Å²) in [5.74, 6) is 1.42. The molecule has 0 N–H and O–H groups in total. The van der Waals surface area contributed by atoms with Gasteiger partial charge in [-0.15, -0.1) is 0 Å². The number of benzene rings is 2. The van der Waals surface area contributed by atoms with E-state index in [4.69, 9.17) is 9.47 Å². The van der Waals surface area contributed by atoms with Crippen LogP contribution in [0.1, 0.15) is 15.9 Å². The number of hydrogen-bond donors (Lipinski definition) is 0. The normalized spacial score (nSPS) is 13.4. The molecular formula is C17H13BrO3. The van der Waals surface area contributed by atoms with Crippen molar-refractivity contribution in [2.75, 3.05) is 13.2 Å². The van der Waals surface area contributed by atoms with Gasteiger partial charge in [0.15, 0.2) is 17.3 Å². The van der Waals surface area contributed by atoms with Gasteiger partial charge in [0, 0.05) is 10.0 Å². The fourth-order valence-electron chi connectivity index (χ4n) is 2.09. The molecule has 3 nitrogen and oxygen atoms in total. The van der Waals surface area contributed by atoms with Crippen LogP contribution in [0.3, 0.4) is 0 Å². The van der Waals surface area contributed by atoms with Crippen molar-refractivity contribution in [1.82, 2.24) is 0 Å². The molecule has 106 valence electrons. The number of allylic oxidation sites excluding steroid dienone is 1. The predicted molar refractivity (Wildman–Crippen MR) is 84.9 cm³/mol. The Morgan fingerprint density at radius 3 is 2.62 bits per heavy atom. The minimum atomic E-state index is -0.0441. The Morgan fingerprint density at radius 1 is 1.05 bits per heavy atom. The fourth-order valence-corrected chi connectivity index (χ4v) is 2.57. The van der Waals surface area contributed by atoms with E-state index in [0.29, 0.717) is 18.8 Å². The number of hydrogen-bond acceptors (Lipinski definition) is 3. The maximum absolute atomic E-state index is 12.2. The van der Waals surface area contributed by atoms with E-state index in [1.807, 2.05) is 36.4 Å². The average Bonchev–Trinajstić information content (AvgIpc) is 2.53. The second kappa shape index (κ2) is 6.14. The molecule has 0 spiro atoms. The molecule has 0 atom stereocenters. The third-order valence-corrected chi connectivity index (χ3v) is 3.82. The van der Waals surface area contributed by atoms with Gasteiger partial charge in [-0.25, -0.2) is 0 Å². The number of ether oxygens (including phenoxy) is 2. The third-order valence-electron chi connectivity index (χ3n) is 3.13. The highest BCUT2D eigenvalue weighted by Crippen LogP contribution is 2.31. The minimum absolute atomic E-state index is 0.0441. The van der Waals surface area contributed by atoms with Crippen LogP contribution in [0.15, 0.2) is 53.0 Å². The van der Waals surface area contributed by atoms with Gasteiger partial charge in [0.05, 0.1) is 0 Å². The standard InChI is InChI=1S/C17H13BrO3/c18-14-4-2-1-3-13(14)15(19)7-5-12-6-8-16-17(11-12)21-10-9-20-16/h1-8,11H,9-10H2. The number of carbonyl (C=O) groups is 1. The topological polar surface area (TPSA) is 35.5 Å². The summed E-state index contributed by atoms with van der Waals surface area (Å²) in [6.45, 7) is 1.12. The van der Waals surface area contributed by atoms with Crippen molar-refractivity contribution in [1.29, 1.82) is 0 Å². The van der Waals surface area contributed by atoms with Crippen LogP contribution in [0.25, 0.3) is 6.08 Å². The van der Waals surface area contributed by atoms with Gasteiger partial charge in [-0.2, -0.15) is 0 Å². The Bertz CT molecular complexity index is 707. The first kappa shape index (κ1) is 13.9. The van der Waals surface area contributed by atoms with Gasteiger partial charge >= 0.3 is 0 Å². The first-order valence-electron chi connectivity index (χ1n) is 6.60. The van der Waals surface area contributed by atoms with Crippen molar-refractivity contribution in [3.05, 3.63) is 64.1 Å². The number of halogens is 1. The first-order chi connectivity index (χ1) is 10.2. The molecule has 0 saturated carbocycles. The maximum Gasteiger partial charge on any atom is 0.186 e. The molecule has 4 heteroatoms. The second-order valence-corrected chi connectivity index (χ2v) is 5.43. The highest BCUT2D eigenvalue weighted by molar-refractivity contribution is 9.10. The lowest BCUT2D eigenvalue weighted by Gasteiger charge is -2.18. The van der Waals surface area contributed by atoms with E-state index in [1.165, 1.54) is 0 Å². The van der Waals surface area contributed by atoms with Gasteiger partial charge < -0.3 is 9.47 Å².